The molecule has 0 unspecified atom stereocenters. The summed E-state index contributed by atoms with van der Waals surface area (Å²) >= 11 is 0. The first-order valence-corrected chi connectivity index (χ1v) is 5.24. The lowest BCUT2D eigenvalue weighted by molar-refractivity contribution is 0.307. The molecule has 0 amide bonds. The molecule has 82 valence electrons. The standard InChI is InChI=1S/C13H18O2/c1-4-6-7-15-13-9-11(5-2)8-12(10-13)14-3/h5,8-10H,2,4,6-7H2,1,3H3. The minimum Gasteiger partial charge on any atom is -0.497 e. The van der Waals surface area contributed by atoms with Crippen molar-refractivity contribution in [3.05, 3.63) is 30.3 Å². The Morgan fingerprint density at radius 3 is 2.60 bits per heavy atom. The molecule has 1 aromatic rings. The van der Waals surface area contributed by atoms with Crippen molar-refractivity contribution in [2.24, 2.45) is 0 Å². The number of rotatable bonds is 6. The van der Waals surface area contributed by atoms with Gasteiger partial charge in [0.15, 0.2) is 0 Å². The molecule has 1 aromatic carbocycles. The number of methoxy groups -OCH3 is 1. The highest BCUT2D eigenvalue weighted by atomic mass is 16.5. The van der Waals surface area contributed by atoms with Gasteiger partial charge in [0.25, 0.3) is 0 Å². The Hall–Kier alpha value is -1.44. The second-order valence-electron chi connectivity index (χ2n) is 3.35. The fraction of sp³-hybridized carbons (Fsp3) is 0.385. The molecule has 0 aliphatic rings. The fourth-order valence-electron chi connectivity index (χ4n) is 1.25. The number of benzene rings is 1. The molecule has 0 saturated carbocycles. The number of unbranched alkanes of at least 4 members (excludes halogenated alkanes) is 1. The second-order valence-corrected chi connectivity index (χ2v) is 3.35. The van der Waals surface area contributed by atoms with Crippen molar-refractivity contribution in [3.8, 4) is 11.5 Å². The van der Waals surface area contributed by atoms with E-state index in [0.717, 1.165) is 36.5 Å². The first-order chi connectivity index (χ1) is 7.30. The van der Waals surface area contributed by atoms with Crippen LogP contribution in [0.3, 0.4) is 0 Å². The summed E-state index contributed by atoms with van der Waals surface area (Å²) < 4.78 is 10.8. The van der Waals surface area contributed by atoms with Crippen LogP contribution in [0, 0.1) is 0 Å². The lowest BCUT2D eigenvalue weighted by Gasteiger charge is -2.08. The number of ether oxygens (including phenoxy) is 2. The zero-order chi connectivity index (χ0) is 11.1. The Morgan fingerprint density at radius 2 is 2.00 bits per heavy atom. The summed E-state index contributed by atoms with van der Waals surface area (Å²) in [4.78, 5) is 0. The second kappa shape index (κ2) is 6.12. The average Bonchev–Trinajstić information content (AvgIpc) is 2.29. The van der Waals surface area contributed by atoms with E-state index >= 15 is 0 Å². The summed E-state index contributed by atoms with van der Waals surface area (Å²) in [5.74, 6) is 1.65. The zero-order valence-corrected chi connectivity index (χ0v) is 9.45. The minimum absolute atomic E-state index is 0.750. The van der Waals surface area contributed by atoms with E-state index in [0.29, 0.717) is 0 Å². The van der Waals surface area contributed by atoms with Gasteiger partial charge in [-0.25, -0.2) is 0 Å². The normalized spacial score (nSPS) is 9.73. The lowest BCUT2D eigenvalue weighted by Crippen LogP contribution is -1.97. The minimum atomic E-state index is 0.750. The third-order valence-electron chi connectivity index (χ3n) is 2.14. The molecule has 0 atom stereocenters. The monoisotopic (exact) mass is 206 g/mol. The summed E-state index contributed by atoms with van der Waals surface area (Å²) in [5, 5.41) is 0. The van der Waals surface area contributed by atoms with Gasteiger partial charge in [-0.15, -0.1) is 0 Å². The molecule has 0 saturated heterocycles. The number of hydrogen-bond acceptors (Lipinski definition) is 2. The molecule has 2 heteroatoms. The van der Waals surface area contributed by atoms with E-state index in [2.05, 4.69) is 13.5 Å². The SMILES string of the molecule is C=Cc1cc(OC)cc(OCCCC)c1. The van der Waals surface area contributed by atoms with Crippen molar-refractivity contribution in [1.82, 2.24) is 0 Å². The highest BCUT2D eigenvalue weighted by molar-refractivity contribution is 5.53. The first-order valence-electron chi connectivity index (χ1n) is 5.24. The van der Waals surface area contributed by atoms with Crippen molar-refractivity contribution in [2.45, 2.75) is 19.8 Å². The van der Waals surface area contributed by atoms with E-state index in [-0.39, 0.29) is 0 Å². The van der Waals surface area contributed by atoms with Crippen molar-refractivity contribution in [1.29, 1.82) is 0 Å². The van der Waals surface area contributed by atoms with Crippen LogP contribution in [0.4, 0.5) is 0 Å². The van der Waals surface area contributed by atoms with E-state index < -0.39 is 0 Å². The maximum atomic E-state index is 5.60. The Kier molecular flexibility index (Phi) is 4.75. The molecule has 15 heavy (non-hydrogen) atoms. The predicted octanol–water partition coefficient (Wildman–Crippen LogP) is 3.52. The molecular weight excluding hydrogens is 188 g/mol. The van der Waals surface area contributed by atoms with Gasteiger partial charge in [0.05, 0.1) is 13.7 Å². The average molecular weight is 206 g/mol. The molecule has 0 spiro atoms. The molecule has 0 radical (unpaired) electrons. The van der Waals surface area contributed by atoms with Crippen LogP contribution in [-0.4, -0.2) is 13.7 Å². The fourth-order valence-corrected chi connectivity index (χ4v) is 1.25. The molecule has 1 rings (SSSR count). The van der Waals surface area contributed by atoms with Gasteiger partial charge < -0.3 is 9.47 Å². The van der Waals surface area contributed by atoms with E-state index in [1.165, 1.54) is 0 Å². The van der Waals surface area contributed by atoms with E-state index in [1.54, 1.807) is 13.2 Å². The quantitative estimate of drug-likeness (QED) is 0.663. The molecule has 0 aliphatic carbocycles. The summed E-state index contributed by atoms with van der Waals surface area (Å²) in [6.45, 7) is 6.63. The van der Waals surface area contributed by atoms with Gasteiger partial charge in [0.1, 0.15) is 11.5 Å². The Bertz CT molecular complexity index is 318. The third-order valence-corrected chi connectivity index (χ3v) is 2.14. The lowest BCUT2D eigenvalue weighted by atomic mass is 10.2. The predicted molar refractivity (Wildman–Crippen MR) is 63.5 cm³/mol. The zero-order valence-electron chi connectivity index (χ0n) is 9.45. The van der Waals surface area contributed by atoms with Crippen LogP contribution < -0.4 is 9.47 Å². The molecule has 0 bridgehead atoms. The van der Waals surface area contributed by atoms with Crippen molar-refractivity contribution in [3.63, 3.8) is 0 Å². The van der Waals surface area contributed by atoms with Crippen LogP contribution in [0.5, 0.6) is 11.5 Å². The van der Waals surface area contributed by atoms with Gasteiger partial charge in [-0.1, -0.05) is 26.0 Å². The van der Waals surface area contributed by atoms with E-state index in [9.17, 15) is 0 Å². The molecule has 0 aliphatic heterocycles. The van der Waals surface area contributed by atoms with Crippen LogP contribution in [0.25, 0.3) is 6.08 Å². The van der Waals surface area contributed by atoms with E-state index in [1.807, 2.05) is 18.2 Å². The van der Waals surface area contributed by atoms with Gasteiger partial charge in [0.2, 0.25) is 0 Å². The molecule has 0 N–H and O–H groups in total. The Morgan fingerprint density at radius 1 is 1.27 bits per heavy atom. The Labute approximate surface area is 91.5 Å². The van der Waals surface area contributed by atoms with Gasteiger partial charge >= 0.3 is 0 Å². The number of hydrogen-bond donors (Lipinski definition) is 0. The maximum Gasteiger partial charge on any atom is 0.123 e. The Balaban J connectivity index is 2.73. The van der Waals surface area contributed by atoms with E-state index in [4.69, 9.17) is 9.47 Å². The topological polar surface area (TPSA) is 18.5 Å². The van der Waals surface area contributed by atoms with Crippen molar-refractivity contribution < 1.29 is 9.47 Å². The maximum absolute atomic E-state index is 5.60. The van der Waals surface area contributed by atoms with Gasteiger partial charge in [-0.2, -0.15) is 0 Å². The van der Waals surface area contributed by atoms with Crippen LogP contribution in [0.1, 0.15) is 25.3 Å². The molecule has 0 aromatic heterocycles. The molecule has 0 fully saturated rings. The van der Waals surface area contributed by atoms with Crippen LogP contribution in [0.2, 0.25) is 0 Å². The molecular formula is C13H18O2. The molecule has 0 heterocycles. The smallest absolute Gasteiger partial charge is 0.123 e. The largest absolute Gasteiger partial charge is 0.497 e. The highest BCUT2D eigenvalue weighted by Crippen LogP contribution is 2.23. The summed E-state index contributed by atoms with van der Waals surface area (Å²) in [6, 6.07) is 5.79. The van der Waals surface area contributed by atoms with Crippen LogP contribution in [0.15, 0.2) is 24.8 Å². The van der Waals surface area contributed by atoms with Crippen LogP contribution in [-0.2, 0) is 0 Å². The van der Waals surface area contributed by atoms with Crippen molar-refractivity contribution in [2.75, 3.05) is 13.7 Å². The summed E-state index contributed by atoms with van der Waals surface area (Å²) in [5.41, 5.74) is 1.01. The first kappa shape index (κ1) is 11.6. The van der Waals surface area contributed by atoms with Gasteiger partial charge in [0, 0.05) is 6.07 Å². The van der Waals surface area contributed by atoms with Gasteiger partial charge in [-0.3, -0.25) is 0 Å². The summed E-state index contributed by atoms with van der Waals surface area (Å²) in [7, 11) is 1.65. The molecule has 2 nitrogen and oxygen atoms in total. The van der Waals surface area contributed by atoms with Gasteiger partial charge in [-0.05, 0) is 24.1 Å². The van der Waals surface area contributed by atoms with Crippen molar-refractivity contribution >= 4 is 6.08 Å². The highest BCUT2D eigenvalue weighted by Gasteiger charge is 1.99. The third kappa shape index (κ3) is 3.66. The summed E-state index contributed by atoms with van der Waals surface area (Å²) in [6.07, 6.45) is 3.99. The van der Waals surface area contributed by atoms with Crippen LogP contribution >= 0.6 is 0 Å².